The van der Waals surface area contributed by atoms with E-state index in [0.717, 1.165) is 38.7 Å². The topological polar surface area (TPSA) is 72.5 Å². The molecule has 1 aromatic carbocycles. The van der Waals surface area contributed by atoms with E-state index in [1.807, 2.05) is 0 Å². The van der Waals surface area contributed by atoms with Crippen molar-refractivity contribution in [3.8, 4) is 5.75 Å². The van der Waals surface area contributed by atoms with Crippen molar-refractivity contribution in [2.24, 2.45) is 11.7 Å². The summed E-state index contributed by atoms with van der Waals surface area (Å²) >= 11 is 0. The molecule has 0 saturated heterocycles. The van der Waals surface area contributed by atoms with Crippen LogP contribution >= 0.6 is 0 Å². The second kappa shape index (κ2) is 8.93. The Morgan fingerprint density at radius 2 is 1.74 bits per heavy atom. The Morgan fingerprint density at radius 3 is 2.22 bits per heavy atom. The number of alkyl halides is 2. The van der Waals surface area contributed by atoms with Crippen molar-refractivity contribution in [3.05, 3.63) is 29.8 Å². The number of carbonyl (C=O) groups excluding carboxylic acids is 1. The minimum absolute atomic E-state index is 0.0631. The van der Waals surface area contributed by atoms with Crippen LogP contribution in [0.5, 0.6) is 5.75 Å². The highest BCUT2D eigenvalue weighted by Gasteiger charge is 2.39. The molecule has 130 valence electrons. The Bertz CT molecular complexity index is 471. The lowest BCUT2D eigenvalue weighted by atomic mass is 9.89. The Labute approximate surface area is 135 Å². The predicted molar refractivity (Wildman–Crippen MR) is 84.6 cm³/mol. The summed E-state index contributed by atoms with van der Waals surface area (Å²) in [6.07, 6.45) is 4.48. The van der Waals surface area contributed by atoms with Gasteiger partial charge in [0.2, 0.25) is 0 Å². The van der Waals surface area contributed by atoms with E-state index in [0.29, 0.717) is 5.75 Å². The molecule has 6 heteroatoms. The smallest absolute Gasteiger partial charge is 0.294 e. The van der Waals surface area contributed by atoms with Crippen molar-refractivity contribution in [2.45, 2.75) is 50.7 Å². The van der Waals surface area contributed by atoms with E-state index >= 15 is 0 Å². The number of benzene rings is 1. The van der Waals surface area contributed by atoms with Gasteiger partial charge in [0, 0.05) is 12.7 Å². The standard InChI is InChI=1S/C16H21F2NO2.CH4O/c1-11-2-6-13(7-3-11)21-14-8-4-12(5-9-14)16(17,18)15(19)10-20;1-2/h4-5,8-11,13,15H,2-3,6-7,19H2,1H3;2H,1H3. The lowest BCUT2D eigenvalue weighted by Crippen LogP contribution is -2.39. The van der Waals surface area contributed by atoms with Gasteiger partial charge in [-0.25, -0.2) is 0 Å². The van der Waals surface area contributed by atoms with E-state index in [4.69, 9.17) is 15.6 Å². The molecule has 0 aromatic heterocycles. The van der Waals surface area contributed by atoms with E-state index in [9.17, 15) is 13.6 Å². The fourth-order valence-corrected chi connectivity index (χ4v) is 2.57. The monoisotopic (exact) mass is 329 g/mol. The molecule has 2 rings (SSSR count). The summed E-state index contributed by atoms with van der Waals surface area (Å²) in [4.78, 5) is 10.5. The van der Waals surface area contributed by atoms with Crippen molar-refractivity contribution < 1.29 is 23.4 Å². The van der Waals surface area contributed by atoms with Crippen LogP contribution in [0.25, 0.3) is 0 Å². The molecule has 0 heterocycles. The number of hydrogen-bond acceptors (Lipinski definition) is 4. The van der Waals surface area contributed by atoms with E-state index in [1.54, 1.807) is 0 Å². The summed E-state index contributed by atoms with van der Waals surface area (Å²) in [7, 11) is 1.00. The summed E-state index contributed by atoms with van der Waals surface area (Å²) in [6.45, 7) is 2.23. The zero-order valence-corrected chi connectivity index (χ0v) is 13.5. The Kier molecular flexibility index (Phi) is 7.58. The molecule has 1 unspecified atom stereocenters. The second-order valence-electron chi connectivity index (χ2n) is 5.81. The van der Waals surface area contributed by atoms with Gasteiger partial charge in [0.25, 0.3) is 5.92 Å². The van der Waals surface area contributed by atoms with Crippen molar-refractivity contribution in [1.82, 2.24) is 0 Å². The van der Waals surface area contributed by atoms with Gasteiger partial charge in [-0.2, -0.15) is 8.78 Å². The fourth-order valence-electron chi connectivity index (χ4n) is 2.57. The van der Waals surface area contributed by atoms with Crippen molar-refractivity contribution in [3.63, 3.8) is 0 Å². The maximum Gasteiger partial charge on any atom is 0.294 e. The number of aliphatic hydroxyl groups is 1. The van der Waals surface area contributed by atoms with Crippen molar-refractivity contribution >= 4 is 6.29 Å². The molecule has 0 amide bonds. The van der Waals surface area contributed by atoms with Gasteiger partial charge in [-0.15, -0.1) is 0 Å². The van der Waals surface area contributed by atoms with Gasteiger partial charge in [0.05, 0.1) is 6.10 Å². The van der Waals surface area contributed by atoms with Crippen LogP contribution < -0.4 is 10.5 Å². The number of ether oxygens (including phenoxy) is 1. The normalized spacial score (nSPS) is 22.5. The Morgan fingerprint density at radius 1 is 1.22 bits per heavy atom. The second-order valence-corrected chi connectivity index (χ2v) is 5.81. The Hall–Kier alpha value is -1.53. The molecule has 1 saturated carbocycles. The van der Waals surface area contributed by atoms with E-state index in [-0.39, 0.29) is 18.0 Å². The summed E-state index contributed by atoms with van der Waals surface area (Å²) in [5.41, 5.74) is 4.86. The molecule has 0 bridgehead atoms. The molecule has 4 nitrogen and oxygen atoms in total. The summed E-state index contributed by atoms with van der Waals surface area (Å²) in [5.74, 6) is -2.05. The molecule has 3 N–H and O–H groups in total. The number of halogens is 2. The summed E-state index contributed by atoms with van der Waals surface area (Å²) in [6, 6.07) is 3.73. The van der Waals surface area contributed by atoms with Crippen LogP contribution in [0.4, 0.5) is 8.78 Å². The average molecular weight is 329 g/mol. The third-order valence-corrected chi connectivity index (χ3v) is 4.07. The first-order chi connectivity index (χ1) is 10.9. The van der Waals surface area contributed by atoms with E-state index in [1.165, 1.54) is 24.3 Å². The Balaban J connectivity index is 0.00000127. The zero-order valence-electron chi connectivity index (χ0n) is 13.5. The van der Waals surface area contributed by atoms with Crippen LogP contribution in [0.1, 0.15) is 38.2 Å². The number of aldehydes is 1. The molecule has 1 aromatic rings. The molecule has 1 fully saturated rings. The lowest BCUT2D eigenvalue weighted by molar-refractivity contribution is -0.118. The minimum Gasteiger partial charge on any atom is -0.490 e. The molecule has 1 atom stereocenters. The maximum atomic E-state index is 13.8. The highest BCUT2D eigenvalue weighted by atomic mass is 19.3. The number of aliphatic hydroxyl groups excluding tert-OH is 1. The van der Waals surface area contributed by atoms with Crippen LogP contribution in [0.15, 0.2) is 24.3 Å². The van der Waals surface area contributed by atoms with Crippen molar-refractivity contribution in [2.75, 3.05) is 7.11 Å². The number of nitrogens with two attached hydrogens (primary N) is 1. The SMILES string of the molecule is CC1CCC(Oc2ccc(C(F)(F)C(N)C=O)cc2)CC1.CO. The molecule has 23 heavy (non-hydrogen) atoms. The third kappa shape index (κ3) is 5.25. The maximum absolute atomic E-state index is 13.8. The zero-order chi connectivity index (χ0) is 17.5. The van der Waals surface area contributed by atoms with Crippen LogP contribution in [0.3, 0.4) is 0 Å². The summed E-state index contributed by atoms with van der Waals surface area (Å²) < 4.78 is 33.4. The van der Waals surface area contributed by atoms with Crippen molar-refractivity contribution in [1.29, 1.82) is 0 Å². The molecule has 0 radical (unpaired) electrons. The number of hydrogen-bond donors (Lipinski definition) is 2. The first kappa shape index (κ1) is 19.5. The highest BCUT2D eigenvalue weighted by molar-refractivity contribution is 5.60. The van der Waals surface area contributed by atoms with Crippen LogP contribution in [0, 0.1) is 5.92 Å². The highest BCUT2D eigenvalue weighted by Crippen LogP contribution is 2.32. The molecular weight excluding hydrogens is 304 g/mol. The minimum atomic E-state index is -3.36. The quantitative estimate of drug-likeness (QED) is 0.815. The fraction of sp³-hybridized carbons (Fsp3) is 0.588. The first-order valence-corrected chi connectivity index (χ1v) is 7.74. The lowest BCUT2D eigenvalue weighted by Gasteiger charge is -2.27. The van der Waals surface area contributed by atoms with Gasteiger partial charge in [-0.1, -0.05) is 6.92 Å². The predicted octanol–water partition coefficient (Wildman–Crippen LogP) is 2.87. The number of rotatable bonds is 5. The van der Waals surface area contributed by atoms with Gasteiger partial charge >= 0.3 is 0 Å². The van der Waals surface area contributed by atoms with Gasteiger partial charge in [0.15, 0.2) is 0 Å². The van der Waals surface area contributed by atoms with Crippen LogP contribution in [-0.2, 0) is 10.7 Å². The third-order valence-electron chi connectivity index (χ3n) is 4.07. The first-order valence-electron chi connectivity index (χ1n) is 7.74. The van der Waals surface area contributed by atoms with E-state index < -0.39 is 12.0 Å². The molecular formula is C17H25F2NO3. The van der Waals surface area contributed by atoms with Gasteiger partial charge in [0.1, 0.15) is 18.1 Å². The van der Waals surface area contributed by atoms with Gasteiger partial charge in [-0.05, 0) is 55.9 Å². The largest absolute Gasteiger partial charge is 0.490 e. The molecule has 1 aliphatic rings. The number of carbonyl (C=O) groups is 1. The van der Waals surface area contributed by atoms with Crippen LogP contribution in [-0.4, -0.2) is 30.6 Å². The van der Waals surface area contributed by atoms with Crippen LogP contribution in [0.2, 0.25) is 0 Å². The average Bonchev–Trinajstić information content (AvgIpc) is 2.58. The summed E-state index contributed by atoms with van der Waals surface area (Å²) in [5, 5.41) is 7.00. The van der Waals surface area contributed by atoms with Gasteiger partial charge in [-0.3, -0.25) is 0 Å². The van der Waals surface area contributed by atoms with Gasteiger partial charge < -0.3 is 20.4 Å². The molecule has 0 aliphatic heterocycles. The molecule has 0 spiro atoms. The molecule has 1 aliphatic carbocycles. The van der Waals surface area contributed by atoms with E-state index in [2.05, 4.69) is 6.92 Å².